The molecule has 0 aliphatic carbocycles. The summed E-state index contributed by atoms with van der Waals surface area (Å²) in [5, 5.41) is 12.6. The minimum Gasteiger partial charge on any atom is -0.389 e. The topological polar surface area (TPSA) is 75.3 Å². The SMILES string of the molecule is CC(O)c1ccccc1NC(=O)C(C)(C)C(C)(C)N. The van der Waals surface area contributed by atoms with Crippen LogP contribution in [0.4, 0.5) is 5.69 Å². The lowest BCUT2D eigenvalue weighted by Gasteiger charge is -2.37. The molecular formula is C15H24N2O2. The van der Waals surface area contributed by atoms with Crippen LogP contribution in [0, 0.1) is 5.41 Å². The first-order valence-electron chi connectivity index (χ1n) is 6.44. The van der Waals surface area contributed by atoms with Gasteiger partial charge >= 0.3 is 0 Å². The molecule has 4 nitrogen and oxygen atoms in total. The molecule has 1 aromatic rings. The Hall–Kier alpha value is -1.39. The largest absolute Gasteiger partial charge is 0.389 e. The van der Waals surface area contributed by atoms with Crippen LogP contribution in [-0.2, 0) is 4.79 Å². The van der Waals surface area contributed by atoms with Crippen molar-refractivity contribution in [2.75, 3.05) is 5.32 Å². The van der Waals surface area contributed by atoms with E-state index in [1.165, 1.54) is 0 Å². The summed E-state index contributed by atoms with van der Waals surface area (Å²) >= 11 is 0. The van der Waals surface area contributed by atoms with Gasteiger partial charge in [0.05, 0.1) is 11.5 Å². The zero-order chi connectivity index (χ0) is 14.8. The maximum absolute atomic E-state index is 12.4. The number of carbonyl (C=O) groups is 1. The Morgan fingerprint density at radius 2 is 1.79 bits per heavy atom. The lowest BCUT2D eigenvalue weighted by molar-refractivity contribution is -0.126. The van der Waals surface area contributed by atoms with E-state index < -0.39 is 17.1 Å². The van der Waals surface area contributed by atoms with Crippen molar-refractivity contribution in [2.24, 2.45) is 11.1 Å². The average Bonchev–Trinajstić information content (AvgIpc) is 2.27. The molecule has 0 bridgehead atoms. The summed E-state index contributed by atoms with van der Waals surface area (Å²) in [6.45, 7) is 8.95. The summed E-state index contributed by atoms with van der Waals surface area (Å²) in [5.41, 5.74) is 6.01. The molecule has 19 heavy (non-hydrogen) atoms. The predicted octanol–water partition coefficient (Wildman–Crippen LogP) is 2.44. The number of carbonyl (C=O) groups excluding carboxylic acids is 1. The lowest BCUT2D eigenvalue weighted by atomic mass is 9.74. The molecule has 0 fully saturated rings. The summed E-state index contributed by atoms with van der Waals surface area (Å²) in [6.07, 6.45) is -0.634. The highest BCUT2D eigenvalue weighted by molar-refractivity contribution is 5.96. The number of para-hydroxylation sites is 1. The number of aliphatic hydroxyl groups is 1. The second-order valence-electron chi connectivity index (χ2n) is 6.06. The first-order valence-corrected chi connectivity index (χ1v) is 6.44. The molecule has 0 radical (unpaired) electrons. The molecule has 4 N–H and O–H groups in total. The molecule has 0 aliphatic heterocycles. The third-order valence-electron chi connectivity index (χ3n) is 3.84. The Balaban J connectivity index is 3.01. The lowest BCUT2D eigenvalue weighted by Crippen LogP contribution is -2.53. The van der Waals surface area contributed by atoms with Crippen molar-refractivity contribution in [1.29, 1.82) is 0 Å². The van der Waals surface area contributed by atoms with E-state index in [9.17, 15) is 9.90 Å². The Kier molecular flexibility index (Phi) is 4.38. The van der Waals surface area contributed by atoms with Gasteiger partial charge in [-0.05, 0) is 40.7 Å². The van der Waals surface area contributed by atoms with Gasteiger partial charge in [0.2, 0.25) is 5.91 Å². The molecule has 0 heterocycles. The van der Waals surface area contributed by atoms with Gasteiger partial charge in [-0.1, -0.05) is 18.2 Å². The fourth-order valence-electron chi connectivity index (χ4n) is 1.55. The maximum atomic E-state index is 12.4. The third-order valence-corrected chi connectivity index (χ3v) is 3.84. The van der Waals surface area contributed by atoms with Crippen molar-refractivity contribution in [3.63, 3.8) is 0 Å². The number of hydrogen-bond acceptors (Lipinski definition) is 3. The second-order valence-corrected chi connectivity index (χ2v) is 6.06. The highest BCUT2D eigenvalue weighted by Gasteiger charge is 2.40. The summed E-state index contributed by atoms with van der Waals surface area (Å²) in [7, 11) is 0. The van der Waals surface area contributed by atoms with Gasteiger partial charge in [-0.15, -0.1) is 0 Å². The minimum atomic E-state index is -0.723. The quantitative estimate of drug-likeness (QED) is 0.782. The van der Waals surface area contributed by atoms with Crippen LogP contribution in [0.1, 0.15) is 46.3 Å². The molecule has 106 valence electrons. The van der Waals surface area contributed by atoms with Crippen LogP contribution in [0.5, 0.6) is 0 Å². The number of benzene rings is 1. The van der Waals surface area contributed by atoms with Crippen LogP contribution in [-0.4, -0.2) is 16.6 Å². The molecule has 1 rings (SSSR count). The number of amides is 1. The van der Waals surface area contributed by atoms with Gasteiger partial charge in [-0.25, -0.2) is 0 Å². The summed E-state index contributed by atoms with van der Waals surface area (Å²) in [4.78, 5) is 12.4. The van der Waals surface area contributed by atoms with Crippen molar-refractivity contribution in [2.45, 2.75) is 46.3 Å². The Bertz CT molecular complexity index is 459. The Morgan fingerprint density at radius 1 is 1.26 bits per heavy atom. The molecule has 0 aromatic heterocycles. The molecular weight excluding hydrogens is 240 g/mol. The van der Waals surface area contributed by atoms with Crippen molar-refractivity contribution >= 4 is 11.6 Å². The van der Waals surface area contributed by atoms with Crippen LogP contribution in [0.25, 0.3) is 0 Å². The molecule has 1 atom stereocenters. The molecule has 1 aromatic carbocycles. The van der Waals surface area contributed by atoms with E-state index in [0.717, 1.165) is 0 Å². The molecule has 1 amide bonds. The molecule has 0 spiro atoms. The summed E-state index contributed by atoms with van der Waals surface area (Å²) < 4.78 is 0. The Labute approximate surface area is 115 Å². The van der Waals surface area contributed by atoms with Gasteiger partial charge in [0.25, 0.3) is 0 Å². The monoisotopic (exact) mass is 264 g/mol. The number of nitrogens with one attached hydrogen (secondary N) is 1. The molecule has 4 heteroatoms. The number of anilines is 1. The zero-order valence-electron chi connectivity index (χ0n) is 12.3. The van der Waals surface area contributed by atoms with Crippen molar-refractivity contribution in [3.05, 3.63) is 29.8 Å². The Morgan fingerprint density at radius 3 is 2.26 bits per heavy atom. The molecule has 0 aliphatic rings. The smallest absolute Gasteiger partial charge is 0.231 e. The summed E-state index contributed by atoms with van der Waals surface area (Å²) in [6, 6.07) is 7.22. The van der Waals surface area contributed by atoms with Gasteiger partial charge in [-0.2, -0.15) is 0 Å². The first-order chi connectivity index (χ1) is 8.57. The standard InChI is InChI=1S/C15H24N2O2/c1-10(18)11-8-6-7-9-12(11)17-13(19)14(2,3)15(4,5)16/h6-10,18H,16H2,1-5H3,(H,17,19). The molecule has 0 saturated carbocycles. The summed E-state index contributed by atoms with van der Waals surface area (Å²) in [5.74, 6) is -0.159. The number of nitrogens with two attached hydrogens (primary N) is 1. The van der Waals surface area contributed by atoms with Gasteiger partial charge in [0.15, 0.2) is 0 Å². The van der Waals surface area contributed by atoms with Gasteiger partial charge in [-0.3, -0.25) is 4.79 Å². The van der Waals surface area contributed by atoms with Crippen LogP contribution >= 0.6 is 0 Å². The van der Waals surface area contributed by atoms with E-state index in [4.69, 9.17) is 5.73 Å². The van der Waals surface area contributed by atoms with Gasteiger partial charge < -0.3 is 16.2 Å². The van der Waals surface area contributed by atoms with Crippen molar-refractivity contribution in [1.82, 2.24) is 0 Å². The second kappa shape index (κ2) is 5.31. The van der Waals surface area contributed by atoms with Crippen molar-refractivity contribution in [3.8, 4) is 0 Å². The van der Waals surface area contributed by atoms with Crippen LogP contribution in [0.15, 0.2) is 24.3 Å². The van der Waals surface area contributed by atoms with Crippen LogP contribution in [0.3, 0.4) is 0 Å². The zero-order valence-corrected chi connectivity index (χ0v) is 12.3. The van der Waals surface area contributed by atoms with E-state index in [1.54, 1.807) is 19.1 Å². The van der Waals surface area contributed by atoms with E-state index in [1.807, 2.05) is 39.8 Å². The highest BCUT2D eigenvalue weighted by Crippen LogP contribution is 2.31. The normalized spacial score (nSPS) is 14.1. The molecule has 0 saturated heterocycles. The first kappa shape index (κ1) is 15.7. The van der Waals surface area contributed by atoms with Crippen molar-refractivity contribution < 1.29 is 9.90 Å². The van der Waals surface area contributed by atoms with E-state index in [2.05, 4.69) is 5.32 Å². The fraction of sp³-hybridized carbons (Fsp3) is 0.533. The minimum absolute atomic E-state index is 0.159. The molecule has 1 unspecified atom stereocenters. The fourth-order valence-corrected chi connectivity index (χ4v) is 1.55. The van der Waals surface area contributed by atoms with Crippen LogP contribution in [0.2, 0.25) is 0 Å². The van der Waals surface area contributed by atoms with E-state index in [0.29, 0.717) is 11.3 Å². The number of aliphatic hydroxyl groups excluding tert-OH is 1. The van der Waals surface area contributed by atoms with Crippen LogP contribution < -0.4 is 11.1 Å². The predicted molar refractivity (Wildman–Crippen MR) is 77.8 cm³/mol. The third kappa shape index (κ3) is 3.33. The van der Waals surface area contributed by atoms with Gasteiger partial charge in [0, 0.05) is 16.8 Å². The van der Waals surface area contributed by atoms with E-state index in [-0.39, 0.29) is 5.91 Å². The highest BCUT2D eigenvalue weighted by atomic mass is 16.3. The number of hydrogen-bond donors (Lipinski definition) is 3. The number of rotatable bonds is 4. The van der Waals surface area contributed by atoms with E-state index >= 15 is 0 Å². The maximum Gasteiger partial charge on any atom is 0.231 e. The average molecular weight is 264 g/mol. The van der Waals surface area contributed by atoms with Gasteiger partial charge in [0.1, 0.15) is 0 Å².